The number of para-hydroxylation sites is 1. The van der Waals surface area contributed by atoms with Gasteiger partial charge in [-0.3, -0.25) is 0 Å². The molecule has 0 aliphatic carbocycles. The molecule has 0 amide bonds. The van der Waals surface area contributed by atoms with Crippen molar-refractivity contribution in [1.29, 1.82) is 0 Å². The Morgan fingerprint density at radius 2 is 1.38 bits per heavy atom. The Hall–Kier alpha value is -3.33. The third-order valence-electron chi connectivity index (χ3n) is 3.48. The van der Waals surface area contributed by atoms with Gasteiger partial charge in [-0.15, -0.1) is 0 Å². The van der Waals surface area contributed by atoms with Gasteiger partial charge in [0.25, 0.3) is 0 Å². The molecular formula is C21H16O3. The van der Waals surface area contributed by atoms with Gasteiger partial charge in [-0.05, 0) is 35.9 Å². The second-order valence-electron chi connectivity index (χ2n) is 5.19. The van der Waals surface area contributed by atoms with E-state index in [1.807, 2.05) is 36.4 Å². The number of ether oxygens (including phenoxy) is 1. The van der Waals surface area contributed by atoms with E-state index in [4.69, 9.17) is 4.74 Å². The standard InChI is InChI=1S/C21H16O3/c22-19(15-16-9-3-1-4-10-16)18-13-7-8-14-20(18)24-21(23)17-11-5-2-6-12-17/h1-15,22H/b19-15-. The highest BCUT2D eigenvalue weighted by molar-refractivity contribution is 5.92. The first kappa shape index (κ1) is 15.6. The van der Waals surface area contributed by atoms with E-state index in [1.165, 1.54) is 0 Å². The van der Waals surface area contributed by atoms with Crippen LogP contribution in [0.5, 0.6) is 5.75 Å². The highest BCUT2D eigenvalue weighted by atomic mass is 16.5. The van der Waals surface area contributed by atoms with Crippen LogP contribution in [0.2, 0.25) is 0 Å². The van der Waals surface area contributed by atoms with E-state index in [2.05, 4.69) is 0 Å². The van der Waals surface area contributed by atoms with Crippen molar-refractivity contribution >= 4 is 17.8 Å². The summed E-state index contributed by atoms with van der Waals surface area (Å²) in [6.45, 7) is 0. The second-order valence-corrected chi connectivity index (χ2v) is 5.19. The Morgan fingerprint density at radius 1 is 0.792 bits per heavy atom. The lowest BCUT2D eigenvalue weighted by molar-refractivity contribution is 0.0734. The van der Waals surface area contributed by atoms with Crippen molar-refractivity contribution in [2.45, 2.75) is 0 Å². The lowest BCUT2D eigenvalue weighted by Crippen LogP contribution is -2.09. The number of benzene rings is 3. The van der Waals surface area contributed by atoms with Gasteiger partial charge >= 0.3 is 5.97 Å². The molecule has 3 nitrogen and oxygen atoms in total. The molecule has 3 rings (SSSR count). The molecule has 1 N–H and O–H groups in total. The Bertz CT molecular complexity index is 853. The fourth-order valence-corrected chi connectivity index (χ4v) is 2.29. The highest BCUT2D eigenvalue weighted by Gasteiger charge is 2.13. The fraction of sp³-hybridized carbons (Fsp3) is 0. The Morgan fingerprint density at radius 3 is 2.08 bits per heavy atom. The number of hydrogen-bond donors (Lipinski definition) is 1. The summed E-state index contributed by atoms with van der Waals surface area (Å²) < 4.78 is 5.45. The van der Waals surface area contributed by atoms with Gasteiger partial charge in [-0.2, -0.15) is 0 Å². The average molecular weight is 316 g/mol. The van der Waals surface area contributed by atoms with Crippen LogP contribution in [0.15, 0.2) is 84.9 Å². The first-order valence-electron chi connectivity index (χ1n) is 7.56. The van der Waals surface area contributed by atoms with Crippen LogP contribution in [-0.4, -0.2) is 11.1 Å². The van der Waals surface area contributed by atoms with Crippen LogP contribution in [0, 0.1) is 0 Å². The molecule has 0 aliphatic heterocycles. The molecule has 0 unspecified atom stereocenters. The van der Waals surface area contributed by atoms with Crippen molar-refractivity contribution in [2.75, 3.05) is 0 Å². The maximum absolute atomic E-state index is 12.2. The minimum absolute atomic E-state index is 0.0395. The SMILES string of the molecule is O=C(Oc1ccccc1/C(O)=C/c1ccccc1)c1ccccc1. The molecule has 0 atom stereocenters. The minimum Gasteiger partial charge on any atom is -0.507 e. The summed E-state index contributed by atoms with van der Waals surface area (Å²) in [6.07, 6.45) is 1.63. The summed E-state index contributed by atoms with van der Waals surface area (Å²) in [5.74, 6) is -0.107. The Labute approximate surface area is 140 Å². The molecule has 3 aromatic carbocycles. The van der Waals surface area contributed by atoms with Crippen molar-refractivity contribution in [3.8, 4) is 5.75 Å². The van der Waals surface area contributed by atoms with E-state index < -0.39 is 5.97 Å². The van der Waals surface area contributed by atoms with Crippen molar-refractivity contribution in [3.05, 3.63) is 102 Å². The summed E-state index contributed by atoms with van der Waals surface area (Å²) in [5, 5.41) is 10.4. The maximum Gasteiger partial charge on any atom is 0.343 e. The molecule has 0 radical (unpaired) electrons. The predicted molar refractivity (Wildman–Crippen MR) is 94.8 cm³/mol. The van der Waals surface area contributed by atoms with Crippen LogP contribution < -0.4 is 4.74 Å². The first-order valence-corrected chi connectivity index (χ1v) is 7.56. The molecule has 3 aromatic rings. The molecule has 0 bridgehead atoms. The molecule has 3 heteroatoms. The second kappa shape index (κ2) is 7.29. The van der Waals surface area contributed by atoms with E-state index in [0.717, 1.165) is 5.56 Å². The van der Waals surface area contributed by atoms with Crippen LogP contribution in [0.25, 0.3) is 11.8 Å². The number of aliphatic hydroxyl groups excluding tert-OH is 1. The zero-order chi connectivity index (χ0) is 16.8. The Kier molecular flexibility index (Phi) is 4.73. The summed E-state index contributed by atoms with van der Waals surface area (Å²) in [6, 6.07) is 25.1. The van der Waals surface area contributed by atoms with Crippen LogP contribution in [-0.2, 0) is 0 Å². The van der Waals surface area contributed by atoms with Gasteiger partial charge < -0.3 is 9.84 Å². The first-order chi connectivity index (χ1) is 11.7. The van der Waals surface area contributed by atoms with Gasteiger partial charge in [0.2, 0.25) is 0 Å². The third kappa shape index (κ3) is 3.70. The fourth-order valence-electron chi connectivity index (χ4n) is 2.29. The predicted octanol–water partition coefficient (Wildman–Crippen LogP) is 4.96. The van der Waals surface area contributed by atoms with Crippen LogP contribution in [0.4, 0.5) is 0 Å². The average Bonchev–Trinajstić information content (AvgIpc) is 2.63. The van der Waals surface area contributed by atoms with Gasteiger partial charge in [0, 0.05) is 0 Å². The zero-order valence-corrected chi connectivity index (χ0v) is 12.9. The quantitative estimate of drug-likeness (QED) is 0.320. The lowest BCUT2D eigenvalue weighted by atomic mass is 10.1. The molecule has 0 saturated carbocycles. The van der Waals surface area contributed by atoms with E-state index in [9.17, 15) is 9.90 Å². The number of aliphatic hydroxyl groups is 1. The van der Waals surface area contributed by atoms with E-state index >= 15 is 0 Å². The number of carbonyl (C=O) groups excluding carboxylic acids is 1. The van der Waals surface area contributed by atoms with Crippen LogP contribution in [0.1, 0.15) is 21.5 Å². The smallest absolute Gasteiger partial charge is 0.343 e. The van der Waals surface area contributed by atoms with E-state index in [0.29, 0.717) is 16.9 Å². The summed E-state index contributed by atoms with van der Waals surface area (Å²) in [7, 11) is 0. The van der Waals surface area contributed by atoms with E-state index in [-0.39, 0.29) is 5.76 Å². The Balaban J connectivity index is 1.88. The third-order valence-corrected chi connectivity index (χ3v) is 3.48. The molecule has 0 saturated heterocycles. The zero-order valence-electron chi connectivity index (χ0n) is 12.9. The topological polar surface area (TPSA) is 46.5 Å². The molecule has 118 valence electrons. The van der Waals surface area contributed by atoms with Gasteiger partial charge in [0.1, 0.15) is 11.5 Å². The molecule has 0 aromatic heterocycles. The van der Waals surface area contributed by atoms with Gasteiger partial charge in [0.05, 0.1) is 11.1 Å². The van der Waals surface area contributed by atoms with Gasteiger partial charge in [-0.25, -0.2) is 4.79 Å². The summed E-state index contributed by atoms with van der Waals surface area (Å²) in [5.41, 5.74) is 1.78. The minimum atomic E-state index is -0.462. The maximum atomic E-state index is 12.2. The highest BCUT2D eigenvalue weighted by Crippen LogP contribution is 2.26. The van der Waals surface area contributed by atoms with Crippen LogP contribution in [0.3, 0.4) is 0 Å². The van der Waals surface area contributed by atoms with Gasteiger partial charge in [-0.1, -0.05) is 60.7 Å². The lowest BCUT2D eigenvalue weighted by Gasteiger charge is -2.09. The number of hydrogen-bond acceptors (Lipinski definition) is 3. The number of esters is 1. The number of rotatable bonds is 4. The molecule has 24 heavy (non-hydrogen) atoms. The molecule has 0 fully saturated rings. The van der Waals surface area contributed by atoms with Crippen molar-refractivity contribution in [3.63, 3.8) is 0 Å². The summed E-state index contributed by atoms with van der Waals surface area (Å²) in [4.78, 5) is 12.2. The van der Waals surface area contributed by atoms with Gasteiger partial charge in [0.15, 0.2) is 0 Å². The van der Waals surface area contributed by atoms with Crippen molar-refractivity contribution in [2.24, 2.45) is 0 Å². The largest absolute Gasteiger partial charge is 0.507 e. The van der Waals surface area contributed by atoms with Crippen molar-refractivity contribution in [1.82, 2.24) is 0 Å². The monoisotopic (exact) mass is 316 g/mol. The number of carbonyl (C=O) groups is 1. The molecule has 0 spiro atoms. The summed E-state index contributed by atoms with van der Waals surface area (Å²) >= 11 is 0. The molecule has 0 aliphatic rings. The van der Waals surface area contributed by atoms with Crippen LogP contribution >= 0.6 is 0 Å². The molecular weight excluding hydrogens is 300 g/mol. The van der Waals surface area contributed by atoms with E-state index in [1.54, 1.807) is 54.6 Å². The molecule has 0 heterocycles. The van der Waals surface area contributed by atoms with Crippen molar-refractivity contribution < 1.29 is 14.6 Å². The normalized spacial score (nSPS) is 11.1.